The van der Waals surface area contributed by atoms with Gasteiger partial charge in [-0.05, 0) is 39.8 Å². The van der Waals surface area contributed by atoms with Gasteiger partial charge in [-0.2, -0.15) is 0 Å². The van der Waals surface area contributed by atoms with Crippen LogP contribution in [0.1, 0.15) is 27.7 Å². The number of ether oxygens (including phenoxy) is 1. The van der Waals surface area contributed by atoms with E-state index < -0.39 is 11.9 Å². The average molecular weight is 312 g/mol. The summed E-state index contributed by atoms with van der Waals surface area (Å²) < 4.78 is 18.9. The minimum absolute atomic E-state index is 0.0302. The molecule has 0 saturated heterocycles. The number of para-hydroxylation sites is 1. The zero-order valence-electron chi connectivity index (χ0n) is 13.5. The molecular weight excluding hydrogens is 287 g/mol. The summed E-state index contributed by atoms with van der Waals surface area (Å²) in [4.78, 5) is 13.7. The number of nitrogens with one attached hydrogen (secondary N) is 1. The number of urea groups is 1. The van der Waals surface area contributed by atoms with E-state index in [0.29, 0.717) is 0 Å². The number of rotatable bonds is 7. The fraction of sp³-hybridized carbons (Fsp3) is 0.562. The molecule has 2 amide bonds. The Labute approximate surface area is 131 Å². The molecule has 0 aliphatic heterocycles. The summed E-state index contributed by atoms with van der Waals surface area (Å²) in [6.45, 7) is 7.64. The Morgan fingerprint density at radius 3 is 2.50 bits per heavy atom. The lowest BCUT2D eigenvalue weighted by Crippen LogP contribution is -2.48. The summed E-state index contributed by atoms with van der Waals surface area (Å²) in [6, 6.07) is 5.83. The summed E-state index contributed by atoms with van der Waals surface area (Å²) in [7, 11) is 0. The minimum Gasteiger partial charge on any atom is -0.486 e. The highest BCUT2D eigenvalue weighted by atomic mass is 19.1. The predicted molar refractivity (Wildman–Crippen MR) is 83.4 cm³/mol. The molecule has 124 valence electrons. The third-order valence-corrected chi connectivity index (χ3v) is 3.05. The molecule has 2 N–H and O–H groups in total. The molecule has 0 bridgehead atoms. The molecule has 0 heterocycles. The molecule has 0 fully saturated rings. The van der Waals surface area contributed by atoms with Gasteiger partial charge in [-0.1, -0.05) is 12.1 Å². The van der Waals surface area contributed by atoms with Gasteiger partial charge in [-0.15, -0.1) is 0 Å². The second kappa shape index (κ2) is 8.58. The number of benzene rings is 1. The Bertz CT molecular complexity index is 480. The molecule has 0 aliphatic carbocycles. The molecule has 0 saturated carbocycles. The van der Waals surface area contributed by atoms with E-state index in [2.05, 4.69) is 5.32 Å². The van der Waals surface area contributed by atoms with Crippen molar-refractivity contribution in [3.63, 3.8) is 0 Å². The average Bonchev–Trinajstić information content (AvgIpc) is 2.44. The Hall–Kier alpha value is -1.82. The highest BCUT2D eigenvalue weighted by molar-refractivity contribution is 5.74. The van der Waals surface area contributed by atoms with Gasteiger partial charge >= 0.3 is 6.03 Å². The van der Waals surface area contributed by atoms with Crippen molar-refractivity contribution in [2.24, 2.45) is 0 Å². The van der Waals surface area contributed by atoms with E-state index in [1.807, 2.05) is 13.8 Å². The molecule has 1 aromatic carbocycles. The molecule has 1 rings (SSSR count). The van der Waals surface area contributed by atoms with Crippen molar-refractivity contribution in [2.75, 3.05) is 13.1 Å². The second-order valence-corrected chi connectivity index (χ2v) is 5.64. The number of hydrogen-bond acceptors (Lipinski definition) is 3. The SMILES string of the molecule is CC(O)CN(C(=O)NCC(C)Oc1ccccc1F)C(C)C. The number of aliphatic hydroxyl groups excluding tert-OH is 1. The van der Waals surface area contributed by atoms with Crippen LogP contribution in [-0.4, -0.2) is 47.4 Å². The van der Waals surface area contributed by atoms with Gasteiger partial charge in [-0.25, -0.2) is 9.18 Å². The second-order valence-electron chi connectivity index (χ2n) is 5.64. The quantitative estimate of drug-likeness (QED) is 0.812. The fourth-order valence-electron chi connectivity index (χ4n) is 1.94. The van der Waals surface area contributed by atoms with Crippen LogP contribution in [0, 0.1) is 5.82 Å². The summed E-state index contributed by atoms with van der Waals surface area (Å²) in [5.74, 6) is -0.271. The molecule has 0 spiro atoms. The van der Waals surface area contributed by atoms with Crippen molar-refractivity contribution >= 4 is 6.03 Å². The van der Waals surface area contributed by atoms with Crippen LogP contribution in [0.2, 0.25) is 0 Å². The van der Waals surface area contributed by atoms with Crippen LogP contribution in [0.25, 0.3) is 0 Å². The van der Waals surface area contributed by atoms with Crippen LogP contribution < -0.4 is 10.1 Å². The van der Waals surface area contributed by atoms with Crippen LogP contribution in [0.15, 0.2) is 24.3 Å². The third-order valence-electron chi connectivity index (χ3n) is 3.05. The van der Waals surface area contributed by atoms with E-state index in [1.165, 1.54) is 6.07 Å². The zero-order valence-corrected chi connectivity index (χ0v) is 13.5. The standard InChI is InChI=1S/C16H25FN2O3/c1-11(2)19(10-12(3)20)16(21)18-9-13(4)22-15-8-6-5-7-14(15)17/h5-8,11-13,20H,9-10H2,1-4H3,(H,18,21). The molecule has 6 heteroatoms. The minimum atomic E-state index is -0.597. The number of carbonyl (C=O) groups is 1. The lowest BCUT2D eigenvalue weighted by molar-refractivity contribution is 0.116. The van der Waals surface area contributed by atoms with E-state index in [4.69, 9.17) is 4.74 Å². The molecule has 22 heavy (non-hydrogen) atoms. The van der Waals surface area contributed by atoms with Crippen molar-refractivity contribution in [2.45, 2.75) is 45.9 Å². The van der Waals surface area contributed by atoms with Crippen LogP contribution in [0.3, 0.4) is 0 Å². The first-order valence-electron chi connectivity index (χ1n) is 7.45. The topological polar surface area (TPSA) is 61.8 Å². The monoisotopic (exact) mass is 312 g/mol. The van der Waals surface area contributed by atoms with Crippen LogP contribution in [0.5, 0.6) is 5.75 Å². The number of nitrogens with zero attached hydrogens (tertiary/aromatic N) is 1. The van der Waals surface area contributed by atoms with Gasteiger partial charge in [0.15, 0.2) is 11.6 Å². The maximum absolute atomic E-state index is 13.5. The number of amides is 2. The summed E-state index contributed by atoms with van der Waals surface area (Å²) >= 11 is 0. The maximum Gasteiger partial charge on any atom is 0.317 e. The third kappa shape index (κ3) is 5.89. The van der Waals surface area contributed by atoms with Crippen molar-refractivity contribution < 1.29 is 19.0 Å². The summed E-state index contributed by atoms with van der Waals surface area (Å²) in [5, 5.41) is 12.2. The Balaban J connectivity index is 2.50. The number of halogens is 1. The van der Waals surface area contributed by atoms with E-state index >= 15 is 0 Å². The molecular formula is C16H25FN2O3. The van der Waals surface area contributed by atoms with Crippen LogP contribution in [0.4, 0.5) is 9.18 Å². The Morgan fingerprint density at radius 1 is 1.32 bits per heavy atom. The van der Waals surface area contributed by atoms with E-state index in [9.17, 15) is 14.3 Å². The zero-order chi connectivity index (χ0) is 16.7. The molecule has 5 nitrogen and oxygen atoms in total. The summed E-state index contributed by atoms with van der Waals surface area (Å²) in [6.07, 6.45) is -0.971. The number of carbonyl (C=O) groups excluding carboxylic acids is 1. The lowest BCUT2D eigenvalue weighted by atomic mass is 10.3. The van der Waals surface area contributed by atoms with Crippen molar-refractivity contribution in [3.05, 3.63) is 30.1 Å². The van der Waals surface area contributed by atoms with Crippen LogP contribution in [-0.2, 0) is 0 Å². The molecule has 0 aromatic heterocycles. The highest BCUT2D eigenvalue weighted by Gasteiger charge is 2.19. The first kappa shape index (κ1) is 18.2. The van der Waals surface area contributed by atoms with Crippen molar-refractivity contribution in [1.29, 1.82) is 0 Å². The maximum atomic E-state index is 13.5. The first-order chi connectivity index (χ1) is 10.3. The number of aliphatic hydroxyl groups is 1. The van der Waals surface area contributed by atoms with Crippen LogP contribution >= 0.6 is 0 Å². The molecule has 2 unspecified atom stereocenters. The molecule has 2 atom stereocenters. The van der Waals surface area contributed by atoms with E-state index in [-0.39, 0.29) is 37.0 Å². The van der Waals surface area contributed by atoms with Gasteiger partial charge in [0.25, 0.3) is 0 Å². The molecule has 0 radical (unpaired) electrons. The lowest BCUT2D eigenvalue weighted by Gasteiger charge is -2.28. The normalized spacial score (nSPS) is 13.6. The van der Waals surface area contributed by atoms with Gasteiger partial charge in [0.05, 0.1) is 12.6 Å². The Morgan fingerprint density at radius 2 is 1.95 bits per heavy atom. The van der Waals surface area contributed by atoms with Crippen molar-refractivity contribution in [1.82, 2.24) is 10.2 Å². The molecule has 1 aromatic rings. The van der Waals surface area contributed by atoms with Gasteiger partial charge in [0.2, 0.25) is 0 Å². The fourth-order valence-corrected chi connectivity index (χ4v) is 1.94. The van der Waals surface area contributed by atoms with Gasteiger partial charge in [0.1, 0.15) is 6.10 Å². The van der Waals surface area contributed by atoms with Gasteiger partial charge < -0.3 is 20.1 Å². The first-order valence-corrected chi connectivity index (χ1v) is 7.45. The highest BCUT2D eigenvalue weighted by Crippen LogP contribution is 2.16. The van der Waals surface area contributed by atoms with E-state index in [0.717, 1.165) is 0 Å². The Kier molecular flexibility index (Phi) is 7.11. The van der Waals surface area contributed by atoms with E-state index in [1.54, 1.807) is 36.9 Å². The predicted octanol–water partition coefficient (Wildman–Crippen LogP) is 2.39. The van der Waals surface area contributed by atoms with Crippen molar-refractivity contribution in [3.8, 4) is 5.75 Å². The molecule has 0 aliphatic rings. The smallest absolute Gasteiger partial charge is 0.317 e. The van der Waals surface area contributed by atoms with Gasteiger partial charge in [0, 0.05) is 12.6 Å². The largest absolute Gasteiger partial charge is 0.486 e. The number of hydrogen-bond donors (Lipinski definition) is 2. The summed E-state index contributed by atoms with van der Waals surface area (Å²) in [5.41, 5.74) is 0. The van der Waals surface area contributed by atoms with Gasteiger partial charge in [-0.3, -0.25) is 0 Å².